The predicted molar refractivity (Wildman–Crippen MR) is 273 cm³/mol. The molecule has 3 heterocycles. The highest BCUT2D eigenvalue weighted by Crippen LogP contribution is 2.33. The highest BCUT2D eigenvalue weighted by Gasteiger charge is 2.23. The van der Waals surface area contributed by atoms with Gasteiger partial charge in [0, 0.05) is 65.2 Å². The topological polar surface area (TPSA) is 298 Å². The molecule has 70 heavy (non-hydrogen) atoms. The van der Waals surface area contributed by atoms with Crippen molar-refractivity contribution in [2.45, 2.75) is 72.2 Å². The van der Waals surface area contributed by atoms with E-state index >= 15 is 0 Å². The molecule has 0 radical (unpaired) electrons. The van der Waals surface area contributed by atoms with Gasteiger partial charge in [-0.1, -0.05) is 32.6 Å². The molecule has 0 spiro atoms. The maximum atomic E-state index is 13.5. The molecule has 0 saturated carbocycles. The summed E-state index contributed by atoms with van der Waals surface area (Å²) in [5.74, 6) is 5.02. The summed E-state index contributed by atoms with van der Waals surface area (Å²) in [4.78, 5) is 96.3. The van der Waals surface area contributed by atoms with Gasteiger partial charge in [-0.15, -0.1) is 0 Å². The van der Waals surface area contributed by atoms with Crippen molar-refractivity contribution in [3.8, 4) is 11.5 Å². The Balaban J connectivity index is 0.00000249. The molecule has 0 aliphatic carbocycles. The number of rotatable bonds is 23. The van der Waals surface area contributed by atoms with Crippen molar-refractivity contribution in [1.29, 1.82) is 0 Å². The van der Waals surface area contributed by atoms with Crippen LogP contribution in [0.5, 0.6) is 11.5 Å². The first-order valence-corrected chi connectivity index (χ1v) is 23.4. The molecule has 0 bridgehead atoms. The normalized spacial score (nSPS) is 11.1. The zero-order valence-electron chi connectivity index (χ0n) is 40.7. The molecule has 1 atom stereocenters. The molecule has 22 nitrogen and oxygen atoms in total. The first-order chi connectivity index (χ1) is 33.4. The highest BCUT2D eigenvalue weighted by atomic mass is 32.1. The van der Waals surface area contributed by atoms with Crippen molar-refractivity contribution >= 4 is 100 Å². The molecule has 2 aromatic carbocycles. The van der Waals surface area contributed by atoms with Crippen molar-refractivity contribution in [2.75, 3.05) is 58.1 Å². The number of hydrogen-bond acceptors (Lipinski definition) is 16. The van der Waals surface area contributed by atoms with Crippen LogP contribution in [0.25, 0.3) is 22.1 Å². The second kappa shape index (κ2) is 27.6. The van der Waals surface area contributed by atoms with Crippen LogP contribution in [0.2, 0.25) is 0 Å². The molecular formula is C46H63N13O9S2. The molecule has 0 aliphatic heterocycles. The van der Waals surface area contributed by atoms with Crippen LogP contribution in [0.3, 0.4) is 0 Å². The summed E-state index contributed by atoms with van der Waals surface area (Å²) in [6, 6.07) is 8.44. The third-order valence-electron chi connectivity index (χ3n) is 10.2. The molecule has 24 heteroatoms. The number of thiol groups is 1. The molecule has 5 aromatic rings. The molecular weight excluding hydrogens is 943 g/mol. The van der Waals surface area contributed by atoms with E-state index in [0.29, 0.717) is 69.9 Å². The second-order valence-corrected chi connectivity index (χ2v) is 16.7. The van der Waals surface area contributed by atoms with Crippen LogP contribution < -0.4 is 37.4 Å². The maximum Gasteiger partial charge on any atom is 0.275 e. The molecule has 0 saturated heterocycles. The second-order valence-electron chi connectivity index (χ2n) is 15.2. The van der Waals surface area contributed by atoms with Crippen LogP contribution in [0.4, 0.5) is 11.9 Å². The van der Waals surface area contributed by atoms with Crippen molar-refractivity contribution in [2.24, 2.45) is 17.3 Å². The third-order valence-corrected chi connectivity index (χ3v) is 11.4. The number of aryl methyl sites for hydroxylation is 2. The van der Waals surface area contributed by atoms with Gasteiger partial charge in [0.25, 0.3) is 11.8 Å². The Morgan fingerprint density at radius 3 is 2.04 bits per heavy atom. The predicted octanol–water partition coefficient (Wildman–Crippen LogP) is 3.81. The average Bonchev–Trinajstić information content (AvgIpc) is 4.04. The highest BCUT2D eigenvalue weighted by molar-refractivity contribution is 7.81. The number of amides is 6. The van der Waals surface area contributed by atoms with Gasteiger partial charge in [-0.05, 0) is 74.6 Å². The summed E-state index contributed by atoms with van der Waals surface area (Å²) >= 11 is 5.12. The van der Waals surface area contributed by atoms with E-state index in [0.717, 1.165) is 17.1 Å². The van der Waals surface area contributed by atoms with Crippen LogP contribution in [0, 0.1) is 13.8 Å². The number of nitrogens with two attached hydrogens (primary N) is 3. The van der Waals surface area contributed by atoms with Crippen LogP contribution >= 0.6 is 24.2 Å². The average molecular weight is 1010 g/mol. The van der Waals surface area contributed by atoms with Crippen LogP contribution in [0.1, 0.15) is 71.3 Å². The van der Waals surface area contributed by atoms with E-state index in [4.69, 9.17) is 30.8 Å². The molecule has 378 valence electrons. The Bertz CT molecular complexity index is 2700. The number of primary amides is 2. The molecule has 1 unspecified atom stereocenters. The zero-order chi connectivity index (χ0) is 52.2. The van der Waals surface area contributed by atoms with Gasteiger partial charge in [0.1, 0.15) is 39.4 Å². The minimum absolute atomic E-state index is 0.00398. The van der Waals surface area contributed by atoms with Gasteiger partial charge in [-0.25, -0.2) is 15.8 Å². The van der Waals surface area contributed by atoms with E-state index < -0.39 is 17.1 Å². The Labute approximate surface area is 415 Å². The number of imidazole rings is 2. The van der Waals surface area contributed by atoms with E-state index in [1.807, 2.05) is 49.6 Å². The molecule has 5 rings (SSSR count). The molecule has 0 aliphatic rings. The fraction of sp³-hybridized carbons (Fsp3) is 0.391. The molecule has 3 aromatic heterocycles. The van der Waals surface area contributed by atoms with Crippen LogP contribution in [0.15, 0.2) is 54.8 Å². The number of anilines is 2. The fourth-order valence-electron chi connectivity index (χ4n) is 6.61. The first kappa shape index (κ1) is 57.0. The van der Waals surface area contributed by atoms with Crippen molar-refractivity contribution in [3.05, 3.63) is 76.5 Å². The standard InChI is InChI=1S/C43H54N12O8S2.C2H6.CH3NO/c1-8-55(45)27(4)40(60)48-42-47-31-21-28(39(44)59)22-32(62-7)37(31)53(42)14-9-10-15-54-38-30(46-43(54)49-41(61)34-20-26(3)50-65-34)18-25(2)19-33(38)63-17-11-13-51(5)35(57)12-16-52(6)36(58)23-29(64)24-56;1-2;2-1-3/h9-10,18-22,24,29,64H,4,8,11-17,23,45H2,1-3,5-7H3,(H2,44,59)(H,46,49,61)(H,47,48,60);1-2H3;1H,(H2,2,3)/b10-9+;;. The number of aromatic nitrogens is 5. The number of hydrogen-bond donors (Lipinski definition) is 6. The number of methoxy groups -OCH3 is 1. The van der Waals surface area contributed by atoms with E-state index in [1.54, 1.807) is 43.5 Å². The minimum Gasteiger partial charge on any atom is -0.494 e. The number of aldehydes is 1. The van der Waals surface area contributed by atoms with Gasteiger partial charge < -0.3 is 49.7 Å². The summed E-state index contributed by atoms with van der Waals surface area (Å²) in [7, 11) is 4.70. The summed E-state index contributed by atoms with van der Waals surface area (Å²) in [5, 5.41) is 6.21. The van der Waals surface area contributed by atoms with Crippen molar-refractivity contribution in [3.63, 3.8) is 0 Å². The monoisotopic (exact) mass is 1010 g/mol. The Morgan fingerprint density at radius 2 is 1.49 bits per heavy atom. The van der Waals surface area contributed by atoms with E-state index in [1.165, 1.54) is 29.2 Å². The van der Waals surface area contributed by atoms with Crippen LogP contribution in [-0.4, -0.2) is 133 Å². The number of nitrogens with one attached hydrogen (secondary N) is 2. The number of carbonyl (C=O) groups excluding carboxylic acids is 7. The Kier molecular flexibility index (Phi) is 22.5. The summed E-state index contributed by atoms with van der Waals surface area (Å²) in [5.41, 5.74) is 13.5. The van der Waals surface area contributed by atoms with Crippen molar-refractivity contribution in [1.82, 2.24) is 38.3 Å². The minimum atomic E-state index is -0.695. The fourth-order valence-corrected chi connectivity index (χ4v) is 7.42. The zero-order valence-corrected chi connectivity index (χ0v) is 42.4. The quantitative estimate of drug-likeness (QED) is 0.0103. The number of hydrazine groups is 1. The molecule has 6 amide bonds. The van der Waals surface area contributed by atoms with Gasteiger partial charge >= 0.3 is 0 Å². The van der Waals surface area contributed by atoms with E-state index in [2.05, 4.69) is 44.9 Å². The number of fused-ring (bicyclic) bond motifs is 2. The lowest BCUT2D eigenvalue weighted by atomic mass is 10.1. The van der Waals surface area contributed by atoms with Gasteiger partial charge in [0.2, 0.25) is 36.0 Å². The lowest BCUT2D eigenvalue weighted by molar-refractivity contribution is -0.133. The number of likely N-dealkylation sites (N-methyl/N-ethyl adjacent to an activating group) is 1. The number of allylic oxidation sites excluding steroid dienone is 2. The van der Waals surface area contributed by atoms with Gasteiger partial charge in [0.05, 0.1) is 35.7 Å². The SMILES string of the molecule is C=C(C(=O)Nc1nc2cc(C(N)=O)cc(OC)c2n1C/C=C/Cn1c(NC(=O)c2cc(C)ns2)nc2cc(C)cc(OCCCN(C)C(=O)CCN(C)C(=O)CC(S)C=O)c21)N(N)CC.CC.NC=O. The smallest absolute Gasteiger partial charge is 0.275 e. The summed E-state index contributed by atoms with van der Waals surface area (Å²) < 4.78 is 19.8. The third kappa shape index (κ3) is 15.3. The van der Waals surface area contributed by atoms with Gasteiger partial charge in [-0.2, -0.15) is 17.0 Å². The number of ether oxygens (including phenoxy) is 2. The number of benzene rings is 2. The Morgan fingerprint density at radius 1 is 0.900 bits per heavy atom. The largest absolute Gasteiger partial charge is 0.494 e. The maximum absolute atomic E-state index is 13.5. The molecule has 8 N–H and O–H groups in total. The van der Waals surface area contributed by atoms with E-state index in [9.17, 15) is 28.8 Å². The van der Waals surface area contributed by atoms with Crippen LogP contribution in [-0.2, 0) is 37.1 Å². The lowest BCUT2D eigenvalue weighted by Crippen LogP contribution is -2.35. The molecule has 0 fully saturated rings. The lowest BCUT2D eigenvalue weighted by Gasteiger charge is -2.21. The first-order valence-electron chi connectivity index (χ1n) is 22.1. The Hall–Kier alpha value is -7.31. The van der Waals surface area contributed by atoms with Crippen molar-refractivity contribution < 1.29 is 43.0 Å². The number of carbonyl (C=O) groups is 7. The number of nitrogens with zero attached hydrogens (tertiary/aromatic N) is 8. The van der Waals surface area contributed by atoms with Gasteiger partial charge in [-0.3, -0.25) is 39.4 Å². The summed E-state index contributed by atoms with van der Waals surface area (Å²) in [6.45, 7) is 14.8. The van der Waals surface area contributed by atoms with Gasteiger partial charge in [0.15, 0.2) is 0 Å². The van der Waals surface area contributed by atoms with E-state index in [-0.39, 0.29) is 86.4 Å². The summed E-state index contributed by atoms with van der Waals surface area (Å²) in [6.07, 6.45) is 5.07.